The molecule has 2 aliphatic rings. The van der Waals surface area contributed by atoms with Crippen molar-refractivity contribution in [2.24, 2.45) is 7.05 Å². The van der Waals surface area contributed by atoms with E-state index in [1.807, 2.05) is 0 Å². The quantitative estimate of drug-likeness (QED) is 0.707. The topological polar surface area (TPSA) is 83.9 Å². The number of alkyl halides is 2. The van der Waals surface area contributed by atoms with E-state index in [4.69, 9.17) is 4.74 Å². The molecule has 11 heteroatoms. The first-order valence-electron chi connectivity index (χ1n) is 10.7. The first-order valence-corrected chi connectivity index (χ1v) is 10.7. The minimum absolute atomic E-state index is 0.0932. The SMILES string of the molecule is Cn1cc(N2CCC(=O)NC2=O)c2cc(F)c(C3=CCN(C(=O)OC(C)(C)C)CC3(F)F)cc21. The Bertz CT molecular complexity index is 1230. The monoisotopic (exact) mass is 478 g/mol. The molecule has 1 aromatic heterocycles. The van der Waals surface area contributed by atoms with Gasteiger partial charge >= 0.3 is 12.1 Å². The van der Waals surface area contributed by atoms with Gasteiger partial charge in [0, 0.05) is 49.3 Å². The number of halogens is 3. The number of carbonyl (C=O) groups excluding carboxylic acids is 3. The van der Waals surface area contributed by atoms with Crippen molar-refractivity contribution in [1.29, 1.82) is 0 Å². The third kappa shape index (κ3) is 4.34. The Balaban J connectivity index is 1.69. The third-order valence-electron chi connectivity index (χ3n) is 5.64. The lowest BCUT2D eigenvalue weighted by Crippen LogP contribution is -2.49. The summed E-state index contributed by atoms with van der Waals surface area (Å²) in [6.45, 7) is 3.94. The number of hydrogen-bond acceptors (Lipinski definition) is 4. The molecule has 0 atom stereocenters. The molecule has 8 nitrogen and oxygen atoms in total. The highest BCUT2D eigenvalue weighted by atomic mass is 19.3. The van der Waals surface area contributed by atoms with Crippen molar-refractivity contribution < 1.29 is 32.3 Å². The molecule has 1 aromatic carbocycles. The van der Waals surface area contributed by atoms with Crippen LogP contribution in [0.1, 0.15) is 32.8 Å². The molecule has 1 fully saturated rings. The molecule has 0 saturated carbocycles. The van der Waals surface area contributed by atoms with Gasteiger partial charge in [-0.2, -0.15) is 8.78 Å². The number of hydrogen-bond donors (Lipinski definition) is 1. The Morgan fingerprint density at radius 3 is 2.53 bits per heavy atom. The highest BCUT2D eigenvalue weighted by molar-refractivity contribution is 6.10. The van der Waals surface area contributed by atoms with Crippen molar-refractivity contribution >= 4 is 40.2 Å². The molecule has 4 rings (SSSR count). The van der Waals surface area contributed by atoms with Crippen molar-refractivity contribution in [3.63, 3.8) is 0 Å². The summed E-state index contributed by atoms with van der Waals surface area (Å²) >= 11 is 0. The van der Waals surface area contributed by atoms with E-state index in [-0.39, 0.29) is 25.1 Å². The van der Waals surface area contributed by atoms with Gasteiger partial charge in [0.05, 0.1) is 17.7 Å². The summed E-state index contributed by atoms with van der Waals surface area (Å²) in [5.41, 5.74) is -0.838. The van der Waals surface area contributed by atoms with E-state index in [1.165, 1.54) is 11.0 Å². The lowest BCUT2D eigenvalue weighted by molar-refractivity contribution is -0.120. The van der Waals surface area contributed by atoms with Crippen molar-refractivity contribution in [1.82, 2.24) is 14.8 Å². The highest BCUT2D eigenvalue weighted by Gasteiger charge is 2.43. The molecule has 2 aromatic rings. The zero-order valence-corrected chi connectivity index (χ0v) is 19.2. The maximum atomic E-state index is 15.2. The third-order valence-corrected chi connectivity index (χ3v) is 5.64. The second-order valence-corrected chi connectivity index (χ2v) is 9.41. The second kappa shape index (κ2) is 8.07. The van der Waals surface area contributed by atoms with Crippen LogP contribution in [0.4, 0.5) is 28.4 Å². The Kier molecular flexibility index (Phi) is 5.61. The van der Waals surface area contributed by atoms with Crippen LogP contribution < -0.4 is 10.2 Å². The molecule has 182 valence electrons. The van der Waals surface area contributed by atoms with E-state index >= 15 is 13.2 Å². The lowest BCUT2D eigenvalue weighted by atomic mass is 9.94. The van der Waals surface area contributed by atoms with E-state index in [9.17, 15) is 14.4 Å². The van der Waals surface area contributed by atoms with Gasteiger partial charge in [-0.1, -0.05) is 6.08 Å². The number of rotatable bonds is 2. The molecular formula is C23H25F3N4O4. The summed E-state index contributed by atoms with van der Waals surface area (Å²) in [5, 5.41) is 2.56. The first-order chi connectivity index (χ1) is 15.8. The fraction of sp³-hybridized carbons (Fsp3) is 0.435. The van der Waals surface area contributed by atoms with Gasteiger partial charge in [0.2, 0.25) is 5.91 Å². The molecule has 0 aliphatic carbocycles. The van der Waals surface area contributed by atoms with Gasteiger partial charge in [-0.05, 0) is 32.9 Å². The molecule has 3 heterocycles. The maximum Gasteiger partial charge on any atom is 0.410 e. The zero-order valence-electron chi connectivity index (χ0n) is 19.2. The predicted octanol–water partition coefficient (Wildman–Crippen LogP) is 4.03. The van der Waals surface area contributed by atoms with Gasteiger partial charge in [-0.3, -0.25) is 19.9 Å². The number of urea groups is 1. The largest absolute Gasteiger partial charge is 0.444 e. The van der Waals surface area contributed by atoms with Crippen LogP contribution in [0.15, 0.2) is 24.4 Å². The number of nitrogens with one attached hydrogen (secondary N) is 1. The van der Waals surface area contributed by atoms with Crippen LogP contribution in [0.3, 0.4) is 0 Å². The molecule has 2 aliphatic heterocycles. The summed E-state index contributed by atoms with van der Waals surface area (Å²) in [5.74, 6) is -4.79. The van der Waals surface area contributed by atoms with Crippen molar-refractivity contribution in [2.75, 3.05) is 24.5 Å². The highest BCUT2D eigenvalue weighted by Crippen LogP contribution is 2.40. The minimum Gasteiger partial charge on any atom is -0.444 e. The van der Waals surface area contributed by atoms with Crippen LogP contribution in [0.25, 0.3) is 16.5 Å². The number of imide groups is 1. The molecule has 0 spiro atoms. The smallest absolute Gasteiger partial charge is 0.410 e. The average molecular weight is 478 g/mol. The Morgan fingerprint density at radius 1 is 1.21 bits per heavy atom. The van der Waals surface area contributed by atoms with Crippen LogP contribution in [0, 0.1) is 5.82 Å². The van der Waals surface area contributed by atoms with Gasteiger partial charge in [0.1, 0.15) is 11.4 Å². The average Bonchev–Trinajstić information content (AvgIpc) is 3.01. The number of nitrogens with zero attached hydrogens (tertiary/aromatic N) is 3. The second-order valence-electron chi connectivity index (χ2n) is 9.41. The molecule has 0 radical (unpaired) electrons. The van der Waals surface area contributed by atoms with Gasteiger partial charge in [0.25, 0.3) is 5.92 Å². The first kappa shape index (κ1) is 23.7. The summed E-state index contributed by atoms with van der Waals surface area (Å²) < 4.78 is 52.1. The number of aryl methyl sites for hydroxylation is 1. The van der Waals surface area contributed by atoms with Crippen LogP contribution in [-0.4, -0.2) is 58.7 Å². The number of aromatic nitrogens is 1. The minimum atomic E-state index is -3.51. The van der Waals surface area contributed by atoms with Crippen molar-refractivity contribution in [3.05, 3.63) is 35.8 Å². The Hall–Kier alpha value is -3.50. The molecule has 0 unspecified atom stereocenters. The molecular weight excluding hydrogens is 453 g/mol. The van der Waals surface area contributed by atoms with Crippen molar-refractivity contribution in [2.45, 2.75) is 38.7 Å². The molecule has 34 heavy (non-hydrogen) atoms. The fourth-order valence-corrected chi connectivity index (χ4v) is 4.11. The molecule has 1 saturated heterocycles. The van der Waals surface area contributed by atoms with Crippen LogP contribution >= 0.6 is 0 Å². The Labute approximate surface area is 193 Å². The number of fused-ring (bicyclic) bond motifs is 1. The summed E-state index contributed by atoms with van der Waals surface area (Å²) in [6, 6.07) is 1.79. The van der Waals surface area contributed by atoms with E-state index < -0.39 is 47.5 Å². The van der Waals surface area contributed by atoms with E-state index in [1.54, 1.807) is 38.6 Å². The predicted molar refractivity (Wildman–Crippen MR) is 119 cm³/mol. The van der Waals surface area contributed by atoms with Gasteiger partial charge < -0.3 is 9.30 Å². The molecule has 4 amide bonds. The van der Waals surface area contributed by atoms with Crippen molar-refractivity contribution in [3.8, 4) is 0 Å². The summed E-state index contributed by atoms with van der Waals surface area (Å²) in [7, 11) is 1.65. The van der Waals surface area contributed by atoms with Gasteiger partial charge in [0.15, 0.2) is 0 Å². The van der Waals surface area contributed by atoms with Crippen LogP contribution in [-0.2, 0) is 16.6 Å². The van der Waals surface area contributed by atoms with Crippen LogP contribution in [0.2, 0.25) is 0 Å². The van der Waals surface area contributed by atoms with Gasteiger partial charge in [-0.25, -0.2) is 14.0 Å². The molecule has 0 bridgehead atoms. The van der Waals surface area contributed by atoms with E-state index in [0.29, 0.717) is 16.6 Å². The van der Waals surface area contributed by atoms with E-state index in [2.05, 4.69) is 5.32 Å². The Morgan fingerprint density at radius 2 is 1.91 bits per heavy atom. The number of carbonyl (C=O) groups is 3. The zero-order chi connectivity index (χ0) is 25.0. The summed E-state index contributed by atoms with van der Waals surface area (Å²) in [6.07, 6.45) is 1.94. The summed E-state index contributed by atoms with van der Waals surface area (Å²) in [4.78, 5) is 38.1. The van der Waals surface area contributed by atoms with Gasteiger partial charge in [-0.15, -0.1) is 0 Å². The normalized spacial score (nSPS) is 18.7. The standard InChI is InChI=1S/C23H25F3N4O4/c1-22(2,3)34-21(33)29-7-5-15(23(25,26)12-29)13-10-17-14(9-16(13)24)18(11-28(17)4)30-8-6-19(31)27-20(30)32/h5,9-11H,6-8,12H2,1-4H3,(H,27,31,32). The number of ether oxygens (including phenoxy) is 1. The number of benzene rings is 1. The fourth-order valence-electron chi connectivity index (χ4n) is 4.11. The van der Waals surface area contributed by atoms with Crippen LogP contribution in [0.5, 0.6) is 0 Å². The number of amides is 4. The number of anilines is 1. The van der Waals surface area contributed by atoms with E-state index in [0.717, 1.165) is 17.0 Å². The maximum absolute atomic E-state index is 15.2. The molecule has 1 N–H and O–H groups in total. The lowest BCUT2D eigenvalue weighted by Gasteiger charge is -2.34.